The Hall–Kier alpha value is -1.13. The third-order valence-electron chi connectivity index (χ3n) is 2.80. The number of hydrogen-bond donors (Lipinski definition) is 1. The molecule has 4 heteroatoms. The summed E-state index contributed by atoms with van der Waals surface area (Å²) in [5.74, 6) is 0.758. The van der Waals surface area contributed by atoms with E-state index in [0.29, 0.717) is 0 Å². The molecule has 1 aromatic heterocycles. The average Bonchev–Trinajstić information content (AvgIpc) is 2.28. The summed E-state index contributed by atoms with van der Waals surface area (Å²) in [6.45, 7) is 8.02. The third kappa shape index (κ3) is 4.63. The zero-order valence-corrected chi connectivity index (χ0v) is 11.9. The molecule has 0 fully saturated rings. The van der Waals surface area contributed by atoms with Crippen molar-refractivity contribution in [2.75, 3.05) is 7.11 Å². The molecule has 0 aromatic carbocycles. The smallest absolute Gasteiger partial charge is 0.138 e. The van der Waals surface area contributed by atoms with Crippen molar-refractivity contribution in [3.05, 3.63) is 24.0 Å². The lowest BCUT2D eigenvalue weighted by Crippen LogP contribution is -2.28. The molecule has 0 radical (unpaired) electrons. The molecule has 18 heavy (non-hydrogen) atoms. The Kier molecular flexibility index (Phi) is 5.11. The van der Waals surface area contributed by atoms with Gasteiger partial charge in [0.2, 0.25) is 0 Å². The lowest BCUT2D eigenvalue weighted by atomic mass is 9.95. The topological polar surface area (TPSA) is 57.4 Å². The molecule has 1 heterocycles. The van der Waals surface area contributed by atoms with Crippen LogP contribution in [0.4, 0.5) is 0 Å². The van der Waals surface area contributed by atoms with Crippen LogP contribution in [0.1, 0.15) is 45.7 Å². The minimum absolute atomic E-state index is 0.108. The predicted octanol–water partition coefficient (Wildman–Crippen LogP) is 2.68. The van der Waals surface area contributed by atoms with Crippen LogP contribution in [0.2, 0.25) is 0 Å². The summed E-state index contributed by atoms with van der Waals surface area (Å²) >= 11 is 0. The number of nitrogens with zero attached hydrogens (tertiary/aromatic N) is 1. The summed E-state index contributed by atoms with van der Waals surface area (Å²) in [6.07, 6.45) is 4.35. The first-order valence-corrected chi connectivity index (χ1v) is 6.26. The van der Waals surface area contributed by atoms with Crippen LogP contribution in [0.5, 0.6) is 5.75 Å². The summed E-state index contributed by atoms with van der Waals surface area (Å²) in [6, 6.07) is 1.84. The van der Waals surface area contributed by atoms with Gasteiger partial charge in [0, 0.05) is 19.3 Å². The molecule has 4 nitrogen and oxygen atoms in total. The van der Waals surface area contributed by atoms with Gasteiger partial charge in [0.05, 0.1) is 17.9 Å². The van der Waals surface area contributed by atoms with E-state index in [4.69, 9.17) is 15.2 Å². The molecule has 0 aliphatic rings. The van der Waals surface area contributed by atoms with Crippen molar-refractivity contribution in [2.24, 2.45) is 5.73 Å². The molecule has 0 saturated heterocycles. The molecular formula is C14H24N2O2. The van der Waals surface area contributed by atoms with Gasteiger partial charge < -0.3 is 15.2 Å². The molecule has 2 N–H and O–H groups in total. The van der Waals surface area contributed by atoms with Crippen molar-refractivity contribution in [3.63, 3.8) is 0 Å². The van der Waals surface area contributed by atoms with Gasteiger partial charge in [-0.15, -0.1) is 0 Å². The van der Waals surface area contributed by atoms with Gasteiger partial charge in [0.1, 0.15) is 5.75 Å². The SMILES string of the molecule is COC(C)(C)CC(N)c1cncc(OC(C)C)c1. The average molecular weight is 252 g/mol. The van der Waals surface area contributed by atoms with Crippen molar-refractivity contribution in [3.8, 4) is 5.75 Å². The summed E-state index contributed by atoms with van der Waals surface area (Å²) in [4.78, 5) is 4.17. The van der Waals surface area contributed by atoms with E-state index in [1.807, 2.05) is 33.8 Å². The monoisotopic (exact) mass is 252 g/mol. The molecule has 0 spiro atoms. The zero-order valence-electron chi connectivity index (χ0n) is 11.9. The highest BCUT2D eigenvalue weighted by Crippen LogP contribution is 2.25. The van der Waals surface area contributed by atoms with E-state index < -0.39 is 0 Å². The number of methoxy groups -OCH3 is 1. The molecule has 102 valence electrons. The second-order valence-corrected chi connectivity index (χ2v) is 5.40. The van der Waals surface area contributed by atoms with Crippen molar-refractivity contribution >= 4 is 0 Å². The molecule has 0 aliphatic heterocycles. The van der Waals surface area contributed by atoms with Gasteiger partial charge in [-0.25, -0.2) is 0 Å². The van der Waals surface area contributed by atoms with E-state index >= 15 is 0 Å². The van der Waals surface area contributed by atoms with Crippen LogP contribution in [0, 0.1) is 0 Å². The quantitative estimate of drug-likeness (QED) is 0.845. The lowest BCUT2D eigenvalue weighted by Gasteiger charge is -2.26. The molecular weight excluding hydrogens is 228 g/mol. The van der Waals surface area contributed by atoms with Gasteiger partial charge in [0.25, 0.3) is 0 Å². The van der Waals surface area contributed by atoms with Crippen LogP contribution in [-0.2, 0) is 4.74 Å². The minimum atomic E-state index is -0.242. The molecule has 1 aromatic rings. The maximum Gasteiger partial charge on any atom is 0.138 e. The van der Waals surface area contributed by atoms with E-state index in [0.717, 1.165) is 17.7 Å². The number of ether oxygens (including phenoxy) is 2. The summed E-state index contributed by atoms with van der Waals surface area (Å²) in [5.41, 5.74) is 6.91. The summed E-state index contributed by atoms with van der Waals surface area (Å²) in [5, 5.41) is 0. The Bertz CT molecular complexity index is 378. The largest absolute Gasteiger partial charge is 0.489 e. The second kappa shape index (κ2) is 6.16. The number of pyridine rings is 1. The number of nitrogens with two attached hydrogens (primary N) is 1. The van der Waals surface area contributed by atoms with Crippen LogP contribution >= 0.6 is 0 Å². The maximum absolute atomic E-state index is 6.18. The fourth-order valence-electron chi connectivity index (χ4n) is 1.71. The maximum atomic E-state index is 6.18. The van der Waals surface area contributed by atoms with Crippen molar-refractivity contribution in [2.45, 2.75) is 51.9 Å². The normalized spacial score (nSPS) is 13.7. The second-order valence-electron chi connectivity index (χ2n) is 5.40. The Morgan fingerprint density at radius 1 is 1.33 bits per heavy atom. The first-order chi connectivity index (χ1) is 8.34. The van der Waals surface area contributed by atoms with Gasteiger partial charge >= 0.3 is 0 Å². The molecule has 1 rings (SSSR count). The van der Waals surface area contributed by atoms with Crippen LogP contribution in [-0.4, -0.2) is 23.8 Å². The van der Waals surface area contributed by atoms with Crippen molar-refractivity contribution < 1.29 is 9.47 Å². The highest BCUT2D eigenvalue weighted by atomic mass is 16.5. The van der Waals surface area contributed by atoms with E-state index in [1.165, 1.54) is 0 Å². The number of aromatic nitrogens is 1. The van der Waals surface area contributed by atoms with Crippen molar-refractivity contribution in [1.82, 2.24) is 4.98 Å². The predicted molar refractivity (Wildman–Crippen MR) is 72.6 cm³/mol. The Morgan fingerprint density at radius 3 is 2.56 bits per heavy atom. The number of rotatable bonds is 6. The van der Waals surface area contributed by atoms with Crippen LogP contribution in [0.3, 0.4) is 0 Å². The van der Waals surface area contributed by atoms with Crippen molar-refractivity contribution in [1.29, 1.82) is 0 Å². The summed E-state index contributed by atoms with van der Waals surface area (Å²) in [7, 11) is 1.70. The Morgan fingerprint density at radius 2 is 2.00 bits per heavy atom. The standard InChI is InChI=1S/C14H24N2O2/c1-10(2)18-12-6-11(8-16-9-12)13(15)7-14(3,4)17-5/h6,8-10,13H,7,15H2,1-5H3. The molecule has 0 aliphatic carbocycles. The molecule has 0 saturated carbocycles. The molecule has 0 amide bonds. The fraction of sp³-hybridized carbons (Fsp3) is 0.643. The van der Waals surface area contributed by atoms with Crippen LogP contribution < -0.4 is 10.5 Å². The highest BCUT2D eigenvalue weighted by Gasteiger charge is 2.22. The van der Waals surface area contributed by atoms with Crippen LogP contribution in [0.15, 0.2) is 18.5 Å². The fourth-order valence-corrected chi connectivity index (χ4v) is 1.71. The highest BCUT2D eigenvalue weighted by molar-refractivity contribution is 5.26. The Labute approximate surface area is 110 Å². The third-order valence-corrected chi connectivity index (χ3v) is 2.80. The van der Waals surface area contributed by atoms with Gasteiger partial charge in [-0.3, -0.25) is 4.98 Å². The van der Waals surface area contributed by atoms with E-state index in [9.17, 15) is 0 Å². The Balaban J connectivity index is 2.76. The molecule has 0 bridgehead atoms. The van der Waals surface area contributed by atoms with E-state index in [2.05, 4.69) is 4.98 Å². The minimum Gasteiger partial charge on any atom is -0.489 e. The van der Waals surface area contributed by atoms with Gasteiger partial charge in [-0.1, -0.05) is 0 Å². The van der Waals surface area contributed by atoms with E-state index in [1.54, 1.807) is 19.5 Å². The number of hydrogen-bond acceptors (Lipinski definition) is 4. The molecule has 1 unspecified atom stereocenters. The van der Waals surface area contributed by atoms with Gasteiger partial charge in [0.15, 0.2) is 0 Å². The lowest BCUT2D eigenvalue weighted by molar-refractivity contribution is 0.00990. The molecule has 1 atom stereocenters. The first kappa shape index (κ1) is 14.9. The van der Waals surface area contributed by atoms with Gasteiger partial charge in [-0.05, 0) is 45.7 Å². The first-order valence-electron chi connectivity index (χ1n) is 6.26. The van der Waals surface area contributed by atoms with Crippen LogP contribution in [0.25, 0.3) is 0 Å². The van der Waals surface area contributed by atoms with Gasteiger partial charge in [-0.2, -0.15) is 0 Å². The van der Waals surface area contributed by atoms with E-state index in [-0.39, 0.29) is 17.7 Å². The zero-order chi connectivity index (χ0) is 13.8. The summed E-state index contributed by atoms with van der Waals surface area (Å²) < 4.78 is 11.0.